The van der Waals surface area contributed by atoms with Crippen molar-refractivity contribution < 1.29 is 14.3 Å². The number of nitrogens with zero attached hydrogens (tertiary/aromatic N) is 1. The van der Waals surface area contributed by atoms with E-state index in [0.29, 0.717) is 5.91 Å². The second-order valence-corrected chi connectivity index (χ2v) is 9.22. The molecule has 0 N–H and O–H groups in total. The van der Waals surface area contributed by atoms with Gasteiger partial charge in [-0.25, -0.2) is 0 Å². The SMILES string of the molecule is COc1ccc(CCCN(C)C(=O)C23CC4CC(CC(C4)C2)C3)cc1OC. The Bertz CT molecular complexity index is 664. The number of methoxy groups -OCH3 is 2. The summed E-state index contributed by atoms with van der Waals surface area (Å²) in [5, 5.41) is 0. The lowest BCUT2D eigenvalue weighted by atomic mass is 9.49. The fraction of sp³-hybridized carbons (Fsp3) is 0.696. The molecule has 0 aliphatic heterocycles. The number of carbonyl (C=O) groups is 1. The number of ether oxygens (including phenoxy) is 2. The molecule has 0 radical (unpaired) electrons. The summed E-state index contributed by atoms with van der Waals surface area (Å²) >= 11 is 0. The van der Waals surface area contributed by atoms with Crippen LogP contribution in [0, 0.1) is 23.2 Å². The summed E-state index contributed by atoms with van der Waals surface area (Å²) in [5.74, 6) is 4.42. The van der Waals surface area contributed by atoms with Crippen molar-refractivity contribution in [3.63, 3.8) is 0 Å². The fourth-order valence-corrected chi connectivity index (χ4v) is 6.44. The molecule has 27 heavy (non-hydrogen) atoms. The average Bonchev–Trinajstić information content (AvgIpc) is 2.66. The molecule has 0 heterocycles. The lowest BCUT2D eigenvalue weighted by molar-refractivity contribution is -0.156. The van der Waals surface area contributed by atoms with Crippen molar-refractivity contribution in [2.45, 2.75) is 51.4 Å². The van der Waals surface area contributed by atoms with Gasteiger partial charge in [-0.1, -0.05) is 6.07 Å². The first-order chi connectivity index (χ1) is 13.0. The zero-order chi connectivity index (χ0) is 19.0. The molecule has 4 bridgehead atoms. The molecule has 148 valence electrons. The van der Waals surface area contributed by atoms with Crippen LogP contribution < -0.4 is 9.47 Å². The van der Waals surface area contributed by atoms with Gasteiger partial charge >= 0.3 is 0 Å². The van der Waals surface area contributed by atoms with E-state index in [9.17, 15) is 4.79 Å². The van der Waals surface area contributed by atoms with Crippen LogP contribution in [0.5, 0.6) is 11.5 Å². The van der Waals surface area contributed by atoms with Gasteiger partial charge in [-0.15, -0.1) is 0 Å². The number of rotatable bonds is 7. The molecule has 4 fully saturated rings. The second-order valence-electron chi connectivity index (χ2n) is 9.22. The van der Waals surface area contributed by atoms with Crippen LogP contribution in [0.1, 0.15) is 50.5 Å². The summed E-state index contributed by atoms with van der Waals surface area (Å²) in [6.45, 7) is 0.828. The van der Waals surface area contributed by atoms with Gasteiger partial charge in [0.25, 0.3) is 0 Å². The molecule has 1 aromatic rings. The third-order valence-corrected chi connectivity index (χ3v) is 7.25. The maximum absolute atomic E-state index is 13.3. The minimum absolute atomic E-state index is 0.0210. The molecule has 1 amide bonds. The molecular formula is C23H33NO3. The van der Waals surface area contributed by atoms with E-state index in [4.69, 9.17) is 9.47 Å². The van der Waals surface area contributed by atoms with Gasteiger partial charge in [0.15, 0.2) is 11.5 Å². The van der Waals surface area contributed by atoms with Crippen molar-refractivity contribution >= 4 is 5.91 Å². The van der Waals surface area contributed by atoms with Crippen molar-refractivity contribution in [1.29, 1.82) is 0 Å². The molecule has 0 aromatic heterocycles. The topological polar surface area (TPSA) is 38.8 Å². The monoisotopic (exact) mass is 371 g/mol. The molecule has 0 unspecified atom stereocenters. The summed E-state index contributed by atoms with van der Waals surface area (Å²) < 4.78 is 10.7. The summed E-state index contributed by atoms with van der Waals surface area (Å²) in [6, 6.07) is 6.08. The van der Waals surface area contributed by atoms with Gasteiger partial charge in [-0.2, -0.15) is 0 Å². The van der Waals surface area contributed by atoms with Crippen LogP contribution in [0.3, 0.4) is 0 Å². The smallest absolute Gasteiger partial charge is 0.228 e. The maximum Gasteiger partial charge on any atom is 0.228 e. The highest BCUT2D eigenvalue weighted by molar-refractivity contribution is 5.83. The fourth-order valence-electron chi connectivity index (χ4n) is 6.44. The Hall–Kier alpha value is -1.71. The number of benzene rings is 1. The lowest BCUT2D eigenvalue weighted by Crippen LogP contribution is -2.54. The van der Waals surface area contributed by atoms with Crippen molar-refractivity contribution in [2.75, 3.05) is 27.8 Å². The molecule has 0 saturated heterocycles. The lowest BCUT2D eigenvalue weighted by Gasteiger charge is -2.56. The van der Waals surface area contributed by atoms with Crippen molar-refractivity contribution in [3.8, 4) is 11.5 Å². The number of amides is 1. The van der Waals surface area contributed by atoms with E-state index in [2.05, 4.69) is 6.07 Å². The third-order valence-electron chi connectivity index (χ3n) is 7.25. The second kappa shape index (κ2) is 7.37. The Morgan fingerprint density at radius 2 is 1.63 bits per heavy atom. The maximum atomic E-state index is 13.3. The van der Waals surface area contributed by atoms with Gasteiger partial charge < -0.3 is 14.4 Å². The Morgan fingerprint density at radius 1 is 1.04 bits per heavy atom. The highest BCUT2D eigenvalue weighted by atomic mass is 16.5. The molecule has 4 aliphatic rings. The van der Waals surface area contributed by atoms with Crippen molar-refractivity contribution in [3.05, 3.63) is 23.8 Å². The summed E-state index contributed by atoms with van der Waals surface area (Å²) in [6.07, 6.45) is 9.52. The molecule has 4 aliphatic carbocycles. The van der Waals surface area contributed by atoms with Crippen LogP contribution >= 0.6 is 0 Å². The van der Waals surface area contributed by atoms with Gasteiger partial charge in [0.2, 0.25) is 5.91 Å². The molecule has 4 nitrogen and oxygen atoms in total. The zero-order valence-corrected chi connectivity index (χ0v) is 17.0. The molecule has 1 aromatic carbocycles. The Balaban J connectivity index is 1.33. The van der Waals surface area contributed by atoms with E-state index in [-0.39, 0.29) is 5.41 Å². The predicted octanol–water partition coefficient (Wildman–Crippen LogP) is 4.31. The molecule has 0 atom stereocenters. The summed E-state index contributed by atoms with van der Waals surface area (Å²) in [4.78, 5) is 15.3. The standard InChI is InChI=1S/C23H33NO3/c1-24(8-4-5-16-6-7-20(26-2)21(12-16)27-3)22(25)23-13-17-9-18(14-23)11-19(10-17)15-23/h6-7,12,17-19H,4-5,8-11,13-15H2,1-3H3. The molecule has 4 saturated carbocycles. The van der Waals surface area contributed by atoms with E-state index in [1.807, 2.05) is 24.1 Å². The van der Waals surface area contributed by atoms with Gasteiger partial charge in [-0.05, 0) is 86.8 Å². The van der Waals surface area contributed by atoms with Crippen molar-refractivity contribution in [1.82, 2.24) is 4.90 Å². The van der Waals surface area contributed by atoms with Crippen LogP contribution in [0.2, 0.25) is 0 Å². The first kappa shape index (κ1) is 18.6. The molecule has 4 heteroatoms. The number of aryl methyl sites for hydroxylation is 1. The molecule has 0 spiro atoms. The average molecular weight is 372 g/mol. The van der Waals surface area contributed by atoms with Gasteiger partial charge in [0, 0.05) is 13.6 Å². The van der Waals surface area contributed by atoms with E-state index < -0.39 is 0 Å². The minimum Gasteiger partial charge on any atom is -0.493 e. The van der Waals surface area contributed by atoms with E-state index in [1.54, 1.807) is 14.2 Å². The quantitative estimate of drug-likeness (QED) is 0.717. The van der Waals surface area contributed by atoms with Crippen LogP contribution in [-0.2, 0) is 11.2 Å². The third kappa shape index (κ3) is 3.55. The van der Waals surface area contributed by atoms with Gasteiger partial charge in [0.05, 0.1) is 19.6 Å². The highest BCUT2D eigenvalue weighted by Crippen LogP contribution is 2.60. The number of carbonyl (C=O) groups excluding carboxylic acids is 1. The Kier molecular flexibility index (Phi) is 5.09. The predicted molar refractivity (Wildman–Crippen MR) is 106 cm³/mol. The zero-order valence-electron chi connectivity index (χ0n) is 17.0. The van der Waals surface area contributed by atoms with E-state index >= 15 is 0 Å². The first-order valence-corrected chi connectivity index (χ1v) is 10.5. The van der Waals surface area contributed by atoms with Crippen LogP contribution in [-0.4, -0.2) is 38.6 Å². The van der Waals surface area contributed by atoms with Crippen LogP contribution in [0.25, 0.3) is 0 Å². The van der Waals surface area contributed by atoms with E-state index in [1.165, 1.54) is 24.8 Å². The van der Waals surface area contributed by atoms with Crippen LogP contribution in [0.4, 0.5) is 0 Å². The number of hydrogen-bond donors (Lipinski definition) is 0. The molecule has 5 rings (SSSR count). The molecular weight excluding hydrogens is 338 g/mol. The van der Waals surface area contributed by atoms with Gasteiger partial charge in [0.1, 0.15) is 0 Å². The van der Waals surface area contributed by atoms with Crippen molar-refractivity contribution in [2.24, 2.45) is 23.2 Å². The Labute approximate surface area is 163 Å². The number of hydrogen-bond acceptors (Lipinski definition) is 3. The first-order valence-electron chi connectivity index (χ1n) is 10.5. The minimum atomic E-state index is -0.0210. The summed E-state index contributed by atoms with van der Waals surface area (Å²) in [5.41, 5.74) is 1.20. The van der Waals surface area contributed by atoms with Crippen LogP contribution in [0.15, 0.2) is 18.2 Å². The van der Waals surface area contributed by atoms with Gasteiger partial charge in [-0.3, -0.25) is 4.79 Å². The largest absolute Gasteiger partial charge is 0.493 e. The summed E-state index contributed by atoms with van der Waals surface area (Å²) in [7, 11) is 5.33. The Morgan fingerprint density at radius 3 is 2.19 bits per heavy atom. The highest BCUT2D eigenvalue weighted by Gasteiger charge is 2.55. The normalized spacial score (nSPS) is 31.0. The van der Waals surface area contributed by atoms with E-state index in [0.717, 1.165) is 67.9 Å².